The minimum atomic E-state index is -2.04. The lowest BCUT2D eigenvalue weighted by Crippen LogP contribution is -2.64. The fraction of sp³-hybridized carbons (Fsp3) is 0.492. The fourth-order valence-electron chi connectivity index (χ4n) is 11.6. The molecule has 0 bridgehead atoms. The summed E-state index contributed by atoms with van der Waals surface area (Å²) in [5.74, 6) is -7.26. The molecule has 3 saturated heterocycles. The third-order valence-corrected chi connectivity index (χ3v) is 16.5. The molecule has 0 aliphatic carbocycles. The molecule has 7 amide bonds. The molecule has 8 rings (SSSR count). The summed E-state index contributed by atoms with van der Waals surface area (Å²) < 4.78 is 16.5. The summed E-state index contributed by atoms with van der Waals surface area (Å²) in [5.41, 5.74) is 16.6. The lowest BCUT2D eigenvalue weighted by molar-refractivity contribution is -0.147. The minimum absolute atomic E-state index is 0. The highest BCUT2D eigenvalue weighted by atomic mass is 35.5. The number of aliphatic hydroxyl groups excluding tert-OH is 6. The summed E-state index contributed by atoms with van der Waals surface area (Å²) in [6.07, 6.45) is -11.0. The average Bonchev–Trinajstić information content (AvgIpc) is 2.77. The monoisotopic (exact) mass is 1300 g/mol. The first-order valence-corrected chi connectivity index (χ1v) is 29.3. The number of ether oxygens (including phenoxy) is 3. The van der Waals surface area contributed by atoms with Crippen molar-refractivity contribution in [2.45, 2.75) is 125 Å². The Labute approximate surface area is 532 Å². The molecule has 0 aromatic heterocycles. The number of nitrogens with two attached hydrogens (primary N) is 2. The molecule has 16 N–H and O–H groups in total. The Balaban J connectivity index is 0.00000645. The van der Waals surface area contributed by atoms with Gasteiger partial charge in [-0.2, -0.15) is 0 Å². The summed E-state index contributed by atoms with van der Waals surface area (Å²) in [7, 11) is 3.20. The first-order chi connectivity index (χ1) is 42.0. The van der Waals surface area contributed by atoms with Crippen LogP contribution in [0.2, 0.25) is 0 Å². The van der Waals surface area contributed by atoms with E-state index in [-0.39, 0.29) is 80.1 Å². The Morgan fingerprint density at radius 2 is 1.32 bits per heavy atom. The summed E-state index contributed by atoms with van der Waals surface area (Å²) in [6, 6.07) is 11.4. The van der Waals surface area contributed by atoms with Crippen LogP contribution in [-0.4, -0.2) is 220 Å². The quantitative estimate of drug-likeness (QED) is 0.0584. The Morgan fingerprint density at radius 3 is 1.96 bits per heavy atom. The highest BCUT2D eigenvalue weighted by Gasteiger charge is 2.50. The van der Waals surface area contributed by atoms with Gasteiger partial charge in [-0.05, 0) is 103 Å². The van der Waals surface area contributed by atoms with Gasteiger partial charge in [-0.25, -0.2) is 0 Å². The van der Waals surface area contributed by atoms with E-state index < -0.39 is 152 Å². The van der Waals surface area contributed by atoms with Gasteiger partial charge in [0, 0.05) is 75.7 Å². The maximum atomic E-state index is 14.7. The number of carbonyl (C=O) groups excluding carboxylic acids is 7. The molecule has 0 spiro atoms. The van der Waals surface area contributed by atoms with Crippen LogP contribution in [0.25, 0.3) is 11.1 Å². The van der Waals surface area contributed by atoms with Gasteiger partial charge in [-0.1, -0.05) is 37.3 Å². The van der Waals surface area contributed by atoms with Crippen molar-refractivity contribution in [2.24, 2.45) is 17.4 Å². The van der Waals surface area contributed by atoms with Crippen LogP contribution >= 0.6 is 24.8 Å². The van der Waals surface area contributed by atoms with Crippen LogP contribution in [0.15, 0.2) is 78.9 Å². The Kier molecular flexibility index (Phi) is 25.4. The second-order valence-corrected chi connectivity index (χ2v) is 22.8. The largest absolute Gasteiger partial charge is 0.504 e. The van der Waals surface area contributed by atoms with Gasteiger partial charge in [-0.3, -0.25) is 33.6 Å². The summed E-state index contributed by atoms with van der Waals surface area (Å²) in [4.78, 5) is 105. The minimum Gasteiger partial charge on any atom is -0.504 e. The second-order valence-electron chi connectivity index (χ2n) is 22.8. The van der Waals surface area contributed by atoms with Gasteiger partial charge in [-0.15, -0.1) is 24.8 Å². The molecule has 4 aromatic carbocycles. The fourth-order valence-corrected chi connectivity index (χ4v) is 11.6. The number of rotatable bonds is 16. The number of benzene rings is 4. The van der Waals surface area contributed by atoms with E-state index >= 15 is 0 Å². The Hall–Kier alpha value is -7.57. The third-order valence-electron chi connectivity index (χ3n) is 16.5. The van der Waals surface area contributed by atoms with Crippen molar-refractivity contribution in [3.8, 4) is 34.1 Å². The Morgan fingerprint density at radius 1 is 0.700 bits per heavy atom. The van der Waals surface area contributed by atoms with Crippen LogP contribution in [0.1, 0.15) is 60.2 Å². The van der Waals surface area contributed by atoms with Crippen molar-refractivity contribution < 1.29 is 83.5 Å². The van der Waals surface area contributed by atoms with Gasteiger partial charge < -0.3 is 103 Å². The number of hydrogen-bond donors (Lipinski definition) is 14. The van der Waals surface area contributed by atoms with Crippen LogP contribution in [0.3, 0.4) is 0 Å². The first-order valence-electron chi connectivity index (χ1n) is 29.3. The molecule has 4 aliphatic rings. The lowest BCUT2D eigenvalue weighted by Gasteiger charge is -2.34. The molecule has 4 aromatic rings. The van der Waals surface area contributed by atoms with Crippen LogP contribution in [0.5, 0.6) is 23.0 Å². The number of aromatic hydroxyl groups is 1. The van der Waals surface area contributed by atoms with Gasteiger partial charge >= 0.3 is 0 Å². The van der Waals surface area contributed by atoms with Crippen molar-refractivity contribution >= 4 is 71.9 Å². The van der Waals surface area contributed by atoms with E-state index in [1.807, 2.05) is 36.4 Å². The number of β-amino-alcohol motifs (C(OH)–C–C–N with tert-alkyl or cyclic N) is 1. The van der Waals surface area contributed by atoms with Gasteiger partial charge in [0.2, 0.25) is 35.4 Å². The predicted octanol–water partition coefficient (Wildman–Crippen LogP) is -1.88. The second kappa shape index (κ2) is 31.9. The van der Waals surface area contributed by atoms with Crippen molar-refractivity contribution in [2.75, 3.05) is 65.0 Å². The molecule has 4 heterocycles. The van der Waals surface area contributed by atoms with Gasteiger partial charge in [0.15, 0.2) is 23.0 Å². The first kappa shape index (κ1) is 71.5. The summed E-state index contributed by atoms with van der Waals surface area (Å²) in [6.45, 7) is 2.53. The van der Waals surface area contributed by atoms with Crippen molar-refractivity contribution in [3.05, 3.63) is 101 Å². The molecule has 90 heavy (non-hydrogen) atoms. The SMILES string of the molecule is COc1cc2c(cc1OC)CN(c1ccc(-c3ccc(C(=O)N[C@H]4C[C@@H](O)CNC(=O)[C@@H]5[C@@H](O)[C@@H](C)CN5C(=O)[C@H]([C@H](O)CCN)NC(=O)[C@H]([C@H](O)Cc5ccc(O)c(OCCN)c5)NC(=O)[C@@H]5C[C@@H](O)CN5C(=O)[C@H]([C@@H](C)O)NC4=O)cc3)cc1)CC2.Cl.Cl. The number of phenols is 1. The summed E-state index contributed by atoms with van der Waals surface area (Å²) in [5, 5.41) is 91.3. The number of aliphatic hydroxyl groups is 6. The molecule has 3 fully saturated rings. The van der Waals surface area contributed by atoms with Gasteiger partial charge in [0.1, 0.15) is 42.9 Å². The van der Waals surface area contributed by atoms with Gasteiger partial charge in [0.25, 0.3) is 5.91 Å². The molecule has 27 nitrogen and oxygen atoms in total. The molecule has 492 valence electrons. The van der Waals surface area contributed by atoms with Crippen LogP contribution in [-0.2, 0) is 48.2 Å². The lowest BCUT2D eigenvalue weighted by atomic mass is 9.97. The molecule has 29 heteroatoms. The van der Waals surface area contributed by atoms with E-state index in [4.69, 9.17) is 25.7 Å². The standard InChI is InChI=1S/C61H80N10O17.2ClH/c1-31-28-71-53(54(31)78)59(83)64-27-40(73)25-42(65-55(79)36-8-6-34(7-9-36)35-10-12-39(13-11-35)69-19-16-37-23-48(86-3)49(87-4)24-38(37)29-69)56(80)66-50(32(2)72)60(84)70-30-41(74)26-43(70)57(81)67-51(58(82)68-52(61(71)85)45(76)15-17-62)46(77)21-33-5-14-44(75)47(22-33)88-20-18-63;;/h5-14,22-24,31-32,40-43,45-46,50-54,72-78H,15-21,25-30,62-63H2,1-4H3,(H,64,83)(H,65,79)(H,66,80)(H,67,81)(H,68,82);2*1H/t31-,32+,40+,41+,42-,43-,45+,46+,50-,51-,52-,53-,54-;;/m0../s1. The highest BCUT2D eigenvalue weighted by molar-refractivity contribution is 6.00. The predicted molar refractivity (Wildman–Crippen MR) is 332 cm³/mol. The molecule has 4 aliphatic heterocycles. The van der Waals surface area contributed by atoms with Crippen molar-refractivity contribution in [1.82, 2.24) is 36.4 Å². The molecular formula is C61H82Cl2N10O17. The maximum Gasteiger partial charge on any atom is 0.251 e. The summed E-state index contributed by atoms with van der Waals surface area (Å²) >= 11 is 0. The van der Waals surface area contributed by atoms with E-state index in [0.29, 0.717) is 18.0 Å². The molecule has 13 atom stereocenters. The molecule has 0 unspecified atom stereocenters. The highest BCUT2D eigenvalue weighted by Crippen LogP contribution is 2.36. The molecule has 0 radical (unpaired) electrons. The maximum absolute atomic E-state index is 14.7. The number of methoxy groups -OCH3 is 2. The topological polar surface area (TPSA) is 411 Å². The number of nitrogens with zero attached hydrogens (tertiary/aromatic N) is 3. The zero-order chi connectivity index (χ0) is 63.7. The van der Waals surface area contributed by atoms with Crippen molar-refractivity contribution in [1.29, 1.82) is 0 Å². The zero-order valence-electron chi connectivity index (χ0n) is 50.2. The van der Waals surface area contributed by atoms with E-state index in [1.165, 1.54) is 42.8 Å². The number of nitrogens with one attached hydrogen (secondary N) is 5. The van der Waals surface area contributed by atoms with Crippen LogP contribution < -0.4 is 57.2 Å². The number of carbonyl (C=O) groups is 7. The third kappa shape index (κ3) is 16.7. The van der Waals surface area contributed by atoms with Crippen LogP contribution in [0.4, 0.5) is 5.69 Å². The number of hydrogen-bond acceptors (Lipinski definition) is 20. The smallest absolute Gasteiger partial charge is 0.251 e. The van der Waals surface area contributed by atoms with E-state index in [9.17, 15) is 69.3 Å². The number of phenolic OH excluding ortho intramolecular Hbond substituents is 1. The van der Waals surface area contributed by atoms with Crippen LogP contribution in [0, 0.1) is 5.92 Å². The molecular weight excluding hydrogens is 1220 g/mol. The van der Waals surface area contributed by atoms with E-state index in [1.54, 1.807) is 26.4 Å². The number of halogens is 2. The Bertz CT molecular complexity index is 3170. The number of amides is 7. The number of anilines is 1. The average molecular weight is 1300 g/mol. The van der Waals surface area contributed by atoms with Gasteiger partial charge in [0.05, 0.1) is 50.8 Å². The van der Waals surface area contributed by atoms with E-state index in [2.05, 4.69) is 31.5 Å². The van der Waals surface area contributed by atoms with E-state index in [0.717, 1.165) is 52.1 Å². The van der Waals surface area contributed by atoms with Crippen molar-refractivity contribution in [3.63, 3.8) is 0 Å². The zero-order valence-corrected chi connectivity index (χ0v) is 51.9. The normalized spacial score (nSPS) is 25.4. The molecule has 0 saturated carbocycles. The number of fused-ring (bicyclic) bond motifs is 3.